The minimum atomic E-state index is 0.790. The number of rotatable bonds is 2. The van der Waals surface area contributed by atoms with Crippen molar-refractivity contribution >= 4 is 11.4 Å². The lowest BCUT2D eigenvalue weighted by molar-refractivity contribution is 0.123. The van der Waals surface area contributed by atoms with Crippen LogP contribution in [-0.4, -0.2) is 26.3 Å². The molecule has 0 saturated carbocycles. The van der Waals surface area contributed by atoms with E-state index in [-0.39, 0.29) is 0 Å². The third-order valence-electron chi connectivity index (χ3n) is 3.46. The number of hydrogen-bond donors (Lipinski definition) is 1. The highest BCUT2D eigenvalue weighted by molar-refractivity contribution is 5.81. The van der Waals surface area contributed by atoms with Gasteiger partial charge in [-0.15, -0.1) is 0 Å². The molecule has 1 aliphatic rings. The molecule has 2 N–H and O–H groups in total. The molecule has 0 atom stereocenters. The van der Waals surface area contributed by atoms with E-state index in [2.05, 4.69) is 41.3 Å². The number of ether oxygens (including phenoxy) is 1. The number of nitrogen functional groups attached to an aromatic ring is 1. The summed E-state index contributed by atoms with van der Waals surface area (Å²) in [7, 11) is 0. The molecule has 19 heavy (non-hydrogen) atoms. The standard InChI is InChI=1S/C16H18N2O/c17-14-6-7-16(18-8-10-19-11-9-18)15(12-14)13-4-2-1-3-5-13/h1-7,12H,8-11,17H2. The fraction of sp³-hybridized carbons (Fsp3) is 0.250. The lowest BCUT2D eigenvalue weighted by Crippen LogP contribution is -2.36. The fourth-order valence-electron chi connectivity index (χ4n) is 2.48. The second kappa shape index (κ2) is 5.33. The van der Waals surface area contributed by atoms with Gasteiger partial charge in [-0.1, -0.05) is 30.3 Å². The van der Waals surface area contributed by atoms with Gasteiger partial charge in [0.25, 0.3) is 0 Å². The van der Waals surface area contributed by atoms with Gasteiger partial charge in [-0.05, 0) is 23.8 Å². The number of hydrogen-bond acceptors (Lipinski definition) is 3. The number of anilines is 2. The summed E-state index contributed by atoms with van der Waals surface area (Å²) in [6.45, 7) is 3.45. The van der Waals surface area contributed by atoms with Crippen LogP contribution in [0.2, 0.25) is 0 Å². The summed E-state index contributed by atoms with van der Waals surface area (Å²) in [6.07, 6.45) is 0. The average molecular weight is 254 g/mol. The smallest absolute Gasteiger partial charge is 0.0642 e. The summed E-state index contributed by atoms with van der Waals surface area (Å²) in [6, 6.07) is 16.5. The largest absolute Gasteiger partial charge is 0.399 e. The molecule has 0 unspecified atom stereocenters. The van der Waals surface area contributed by atoms with Crippen molar-refractivity contribution in [3.8, 4) is 11.1 Å². The van der Waals surface area contributed by atoms with Crippen LogP contribution in [0.1, 0.15) is 0 Å². The second-order valence-corrected chi connectivity index (χ2v) is 4.74. The molecule has 1 saturated heterocycles. The summed E-state index contributed by atoms with van der Waals surface area (Å²) >= 11 is 0. The maximum absolute atomic E-state index is 5.95. The van der Waals surface area contributed by atoms with Gasteiger partial charge in [-0.2, -0.15) is 0 Å². The van der Waals surface area contributed by atoms with Gasteiger partial charge in [-0.3, -0.25) is 0 Å². The summed E-state index contributed by atoms with van der Waals surface area (Å²) in [5.41, 5.74) is 10.4. The van der Waals surface area contributed by atoms with Gasteiger partial charge in [0.15, 0.2) is 0 Å². The molecule has 98 valence electrons. The van der Waals surface area contributed by atoms with E-state index in [0.29, 0.717) is 0 Å². The average Bonchev–Trinajstić information content (AvgIpc) is 2.49. The highest BCUT2D eigenvalue weighted by atomic mass is 16.5. The Morgan fingerprint density at radius 2 is 1.68 bits per heavy atom. The first kappa shape index (κ1) is 12.1. The van der Waals surface area contributed by atoms with Crippen LogP contribution in [0.3, 0.4) is 0 Å². The van der Waals surface area contributed by atoms with Crippen molar-refractivity contribution in [3.05, 3.63) is 48.5 Å². The molecule has 2 aromatic carbocycles. The predicted octanol–water partition coefficient (Wildman–Crippen LogP) is 2.77. The predicted molar refractivity (Wildman–Crippen MR) is 79.3 cm³/mol. The van der Waals surface area contributed by atoms with Crippen molar-refractivity contribution in [1.29, 1.82) is 0 Å². The van der Waals surface area contributed by atoms with Crippen LogP contribution >= 0.6 is 0 Å². The molecule has 1 fully saturated rings. The van der Waals surface area contributed by atoms with E-state index in [4.69, 9.17) is 10.5 Å². The third-order valence-corrected chi connectivity index (χ3v) is 3.46. The number of nitrogens with zero attached hydrogens (tertiary/aromatic N) is 1. The molecule has 0 bridgehead atoms. The molecule has 0 radical (unpaired) electrons. The molecular formula is C16H18N2O. The van der Waals surface area contributed by atoms with Crippen LogP contribution in [-0.2, 0) is 4.74 Å². The first-order chi connectivity index (χ1) is 9.34. The van der Waals surface area contributed by atoms with Crippen LogP contribution < -0.4 is 10.6 Å². The van der Waals surface area contributed by atoms with Crippen LogP contribution in [0.15, 0.2) is 48.5 Å². The van der Waals surface area contributed by atoms with Gasteiger partial charge in [0, 0.05) is 30.0 Å². The Morgan fingerprint density at radius 3 is 2.42 bits per heavy atom. The summed E-state index contributed by atoms with van der Waals surface area (Å²) < 4.78 is 5.42. The van der Waals surface area contributed by atoms with E-state index in [1.165, 1.54) is 16.8 Å². The summed E-state index contributed by atoms with van der Waals surface area (Å²) in [5.74, 6) is 0. The second-order valence-electron chi connectivity index (χ2n) is 4.74. The van der Waals surface area contributed by atoms with E-state index in [9.17, 15) is 0 Å². The molecule has 0 aliphatic carbocycles. The molecule has 1 heterocycles. The maximum Gasteiger partial charge on any atom is 0.0642 e. The Hall–Kier alpha value is -2.00. The van der Waals surface area contributed by atoms with Crippen molar-refractivity contribution in [2.24, 2.45) is 0 Å². The zero-order chi connectivity index (χ0) is 13.1. The van der Waals surface area contributed by atoms with Crippen LogP contribution in [0.5, 0.6) is 0 Å². The lowest BCUT2D eigenvalue weighted by atomic mass is 10.0. The number of benzene rings is 2. The first-order valence-electron chi connectivity index (χ1n) is 6.62. The van der Waals surface area contributed by atoms with Crippen LogP contribution in [0, 0.1) is 0 Å². The van der Waals surface area contributed by atoms with E-state index in [1.807, 2.05) is 12.1 Å². The van der Waals surface area contributed by atoms with Crippen molar-refractivity contribution < 1.29 is 4.74 Å². The Kier molecular flexibility index (Phi) is 3.38. The molecule has 2 aromatic rings. The highest BCUT2D eigenvalue weighted by Crippen LogP contribution is 2.33. The van der Waals surface area contributed by atoms with Gasteiger partial charge >= 0.3 is 0 Å². The zero-order valence-corrected chi connectivity index (χ0v) is 10.9. The van der Waals surface area contributed by atoms with Gasteiger partial charge in [0.05, 0.1) is 13.2 Å². The van der Waals surface area contributed by atoms with Gasteiger partial charge < -0.3 is 15.4 Å². The van der Waals surface area contributed by atoms with Crippen molar-refractivity contribution in [3.63, 3.8) is 0 Å². The normalized spacial score (nSPS) is 15.5. The van der Waals surface area contributed by atoms with E-state index in [0.717, 1.165) is 32.0 Å². The number of nitrogens with two attached hydrogens (primary N) is 1. The zero-order valence-electron chi connectivity index (χ0n) is 10.9. The Bertz CT molecular complexity index is 548. The Labute approximate surface area is 113 Å². The number of morpholine rings is 1. The molecule has 3 rings (SSSR count). The van der Waals surface area contributed by atoms with Crippen LogP contribution in [0.4, 0.5) is 11.4 Å². The van der Waals surface area contributed by atoms with Crippen molar-refractivity contribution in [1.82, 2.24) is 0 Å². The van der Waals surface area contributed by atoms with E-state index in [1.54, 1.807) is 0 Å². The molecule has 0 amide bonds. The van der Waals surface area contributed by atoms with Gasteiger partial charge in [-0.25, -0.2) is 0 Å². The van der Waals surface area contributed by atoms with Crippen molar-refractivity contribution in [2.45, 2.75) is 0 Å². The first-order valence-corrected chi connectivity index (χ1v) is 6.62. The van der Waals surface area contributed by atoms with Crippen molar-refractivity contribution in [2.75, 3.05) is 36.9 Å². The van der Waals surface area contributed by atoms with E-state index >= 15 is 0 Å². The monoisotopic (exact) mass is 254 g/mol. The molecule has 3 heteroatoms. The SMILES string of the molecule is Nc1ccc(N2CCOCC2)c(-c2ccccc2)c1. The maximum atomic E-state index is 5.95. The van der Waals surface area contributed by atoms with Gasteiger partial charge in [0.2, 0.25) is 0 Å². The molecule has 0 aromatic heterocycles. The molecule has 1 aliphatic heterocycles. The topological polar surface area (TPSA) is 38.5 Å². The lowest BCUT2D eigenvalue weighted by Gasteiger charge is -2.30. The fourth-order valence-corrected chi connectivity index (χ4v) is 2.48. The minimum Gasteiger partial charge on any atom is -0.399 e. The van der Waals surface area contributed by atoms with Gasteiger partial charge in [0.1, 0.15) is 0 Å². The molecule has 0 spiro atoms. The quantitative estimate of drug-likeness (QED) is 0.837. The van der Waals surface area contributed by atoms with Crippen LogP contribution in [0.25, 0.3) is 11.1 Å². The molecule has 3 nitrogen and oxygen atoms in total. The minimum absolute atomic E-state index is 0.790. The third kappa shape index (κ3) is 2.56. The Morgan fingerprint density at radius 1 is 0.947 bits per heavy atom. The summed E-state index contributed by atoms with van der Waals surface area (Å²) in [4.78, 5) is 2.37. The Balaban J connectivity index is 2.04. The molecular weight excluding hydrogens is 236 g/mol. The highest BCUT2D eigenvalue weighted by Gasteiger charge is 2.15. The summed E-state index contributed by atoms with van der Waals surface area (Å²) in [5, 5.41) is 0. The van der Waals surface area contributed by atoms with E-state index < -0.39 is 0 Å².